The summed E-state index contributed by atoms with van der Waals surface area (Å²) in [5.41, 5.74) is 4.46. The zero-order valence-corrected chi connectivity index (χ0v) is 11.0. The van der Waals surface area contributed by atoms with Gasteiger partial charge in [0.15, 0.2) is 0 Å². The summed E-state index contributed by atoms with van der Waals surface area (Å²) >= 11 is 0. The Hall–Kier alpha value is -2.53. The highest BCUT2D eigenvalue weighted by atomic mass is 16.4. The third-order valence-electron chi connectivity index (χ3n) is 2.86. The van der Waals surface area contributed by atoms with E-state index in [9.17, 15) is 0 Å². The van der Waals surface area contributed by atoms with E-state index >= 15 is 0 Å². The third-order valence-corrected chi connectivity index (χ3v) is 2.86. The SMILES string of the molecule is C/C(=N\O)c1ccccc1C#Cc1ccc(C)cc1. The summed E-state index contributed by atoms with van der Waals surface area (Å²) in [6, 6.07) is 15.7. The number of aryl methyl sites for hydroxylation is 1. The van der Waals surface area contributed by atoms with Gasteiger partial charge in [-0.05, 0) is 32.0 Å². The fourth-order valence-electron chi connectivity index (χ4n) is 1.74. The van der Waals surface area contributed by atoms with E-state index in [0.717, 1.165) is 16.7 Å². The van der Waals surface area contributed by atoms with Crippen molar-refractivity contribution in [2.24, 2.45) is 5.16 Å². The molecule has 19 heavy (non-hydrogen) atoms. The van der Waals surface area contributed by atoms with Gasteiger partial charge in [-0.3, -0.25) is 0 Å². The topological polar surface area (TPSA) is 32.6 Å². The van der Waals surface area contributed by atoms with Gasteiger partial charge in [0.2, 0.25) is 0 Å². The van der Waals surface area contributed by atoms with Crippen LogP contribution in [0.4, 0.5) is 0 Å². The first-order valence-corrected chi connectivity index (χ1v) is 6.07. The van der Waals surface area contributed by atoms with Crippen molar-refractivity contribution in [1.29, 1.82) is 0 Å². The fourth-order valence-corrected chi connectivity index (χ4v) is 1.74. The number of rotatable bonds is 1. The van der Waals surface area contributed by atoms with Crippen molar-refractivity contribution in [3.05, 3.63) is 70.8 Å². The monoisotopic (exact) mass is 249 g/mol. The molecule has 2 aromatic rings. The van der Waals surface area contributed by atoms with Crippen molar-refractivity contribution >= 4 is 5.71 Å². The summed E-state index contributed by atoms with van der Waals surface area (Å²) in [6.45, 7) is 3.81. The summed E-state index contributed by atoms with van der Waals surface area (Å²) in [4.78, 5) is 0. The average Bonchev–Trinajstić information content (AvgIpc) is 2.46. The van der Waals surface area contributed by atoms with Gasteiger partial charge in [-0.2, -0.15) is 0 Å². The molecule has 0 amide bonds. The molecule has 0 unspecified atom stereocenters. The number of benzene rings is 2. The fraction of sp³-hybridized carbons (Fsp3) is 0.118. The van der Waals surface area contributed by atoms with Crippen molar-refractivity contribution in [1.82, 2.24) is 0 Å². The smallest absolute Gasteiger partial charge is 0.0849 e. The van der Waals surface area contributed by atoms with Gasteiger partial charge < -0.3 is 5.21 Å². The molecule has 1 N–H and O–H groups in total. The highest BCUT2D eigenvalue weighted by Crippen LogP contribution is 2.09. The maximum atomic E-state index is 8.87. The summed E-state index contributed by atoms with van der Waals surface area (Å²) in [7, 11) is 0. The minimum absolute atomic E-state index is 0.564. The zero-order chi connectivity index (χ0) is 13.7. The molecule has 0 spiro atoms. The number of oxime groups is 1. The van der Waals surface area contributed by atoms with Crippen LogP contribution in [0.3, 0.4) is 0 Å². The molecule has 0 bridgehead atoms. The van der Waals surface area contributed by atoms with E-state index in [2.05, 4.69) is 17.0 Å². The molecule has 0 atom stereocenters. The number of hydrogen-bond donors (Lipinski definition) is 1. The Morgan fingerprint density at radius 3 is 2.37 bits per heavy atom. The van der Waals surface area contributed by atoms with Gasteiger partial charge in [0, 0.05) is 16.7 Å². The maximum Gasteiger partial charge on any atom is 0.0849 e. The molecule has 0 aromatic heterocycles. The quantitative estimate of drug-likeness (QED) is 0.356. The van der Waals surface area contributed by atoms with Crippen LogP contribution in [0, 0.1) is 18.8 Å². The standard InChI is InChI=1S/C17H15NO/c1-13-7-9-15(10-8-13)11-12-16-5-3-4-6-17(16)14(2)18-19/h3-10,19H,1-2H3/b18-14+. The van der Waals surface area contributed by atoms with E-state index in [-0.39, 0.29) is 0 Å². The van der Waals surface area contributed by atoms with Crippen LogP contribution in [-0.2, 0) is 0 Å². The molecule has 2 rings (SSSR count). The molecule has 2 nitrogen and oxygen atoms in total. The molecule has 0 saturated heterocycles. The molecule has 0 aliphatic heterocycles. The van der Waals surface area contributed by atoms with Crippen molar-refractivity contribution in [2.75, 3.05) is 0 Å². The van der Waals surface area contributed by atoms with Crippen LogP contribution in [0.25, 0.3) is 0 Å². The Morgan fingerprint density at radius 2 is 1.68 bits per heavy atom. The van der Waals surface area contributed by atoms with Gasteiger partial charge in [0.05, 0.1) is 5.71 Å². The van der Waals surface area contributed by atoms with Crippen molar-refractivity contribution in [3.63, 3.8) is 0 Å². The lowest BCUT2D eigenvalue weighted by molar-refractivity contribution is 0.319. The first kappa shape index (κ1) is 12.9. The molecular weight excluding hydrogens is 234 g/mol. The van der Waals surface area contributed by atoms with E-state index in [0.29, 0.717) is 5.71 Å². The lowest BCUT2D eigenvalue weighted by atomic mass is 10.0. The molecular formula is C17H15NO. The van der Waals surface area contributed by atoms with E-state index < -0.39 is 0 Å². The maximum absolute atomic E-state index is 8.87. The van der Waals surface area contributed by atoms with Crippen molar-refractivity contribution in [3.8, 4) is 11.8 Å². The van der Waals surface area contributed by atoms with Gasteiger partial charge in [0.25, 0.3) is 0 Å². The van der Waals surface area contributed by atoms with Crippen LogP contribution in [0.1, 0.15) is 29.2 Å². The predicted molar refractivity (Wildman–Crippen MR) is 77.6 cm³/mol. The summed E-state index contributed by atoms with van der Waals surface area (Å²) in [5.74, 6) is 6.24. The molecule has 0 saturated carbocycles. The Labute approximate surface area is 113 Å². The van der Waals surface area contributed by atoms with Gasteiger partial charge in [-0.25, -0.2) is 0 Å². The van der Waals surface area contributed by atoms with E-state index in [1.165, 1.54) is 5.56 Å². The molecule has 0 radical (unpaired) electrons. The number of nitrogens with zero attached hydrogens (tertiary/aromatic N) is 1. The Balaban J connectivity index is 2.37. The van der Waals surface area contributed by atoms with Crippen LogP contribution in [0.5, 0.6) is 0 Å². The lowest BCUT2D eigenvalue weighted by Gasteiger charge is -2.01. The normalized spacial score (nSPS) is 10.7. The highest BCUT2D eigenvalue weighted by Gasteiger charge is 2.02. The second-order valence-electron chi connectivity index (χ2n) is 4.35. The van der Waals surface area contributed by atoms with E-state index in [1.54, 1.807) is 6.92 Å². The molecule has 2 heteroatoms. The van der Waals surface area contributed by atoms with Crippen LogP contribution >= 0.6 is 0 Å². The highest BCUT2D eigenvalue weighted by molar-refractivity contribution is 6.00. The first-order chi connectivity index (χ1) is 9.20. The number of hydrogen-bond acceptors (Lipinski definition) is 2. The Bertz CT molecular complexity index is 658. The van der Waals surface area contributed by atoms with E-state index in [1.807, 2.05) is 55.5 Å². The lowest BCUT2D eigenvalue weighted by Crippen LogP contribution is -1.97. The molecule has 2 aromatic carbocycles. The molecule has 94 valence electrons. The van der Waals surface area contributed by atoms with Crippen LogP contribution < -0.4 is 0 Å². The Morgan fingerprint density at radius 1 is 1.00 bits per heavy atom. The summed E-state index contributed by atoms with van der Waals surface area (Å²) in [6.07, 6.45) is 0. The summed E-state index contributed by atoms with van der Waals surface area (Å²) in [5, 5.41) is 12.1. The third kappa shape index (κ3) is 3.23. The molecule has 0 aliphatic carbocycles. The van der Waals surface area contributed by atoms with Gasteiger partial charge >= 0.3 is 0 Å². The average molecular weight is 249 g/mol. The minimum Gasteiger partial charge on any atom is -0.411 e. The second kappa shape index (κ2) is 5.88. The molecule has 0 aliphatic rings. The second-order valence-corrected chi connectivity index (χ2v) is 4.35. The Kier molecular flexibility index (Phi) is 4.00. The first-order valence-electron chi connectivity index (χ1n) is 6.07. The van der Waals surface area contributed by atoms with Crippen molar-refractivity contribution in [2.45, 2.75) is 13.8 Å². The summed E-state index contributed by atoms with van der Waals surface area (Å²) < 4.78 is 0. The van der Waals surface area contributed by atoms with E-state index in [4.69, 9.17) is 5.21 Å². The largest absolute Gasteiger partial charge is 0.411 e. The van der Waals surface area contributed by atoms with Gasteiger partial charge in [0.1, 0.15) is 0 Å². The van der Waals surface area contributed by atoms with Crippen LogP contribution in [-0.4, -0.2) is 10.9 Å². The van der Waals surface area contributed by atoms with Gasteiger partial charge in [-0.15, -0.1) is 0 Å². The van der Waals surface area contributed by atoms with Crippen LogP contribution in [0.2, 0.25) is 0 Å². The molecule has 0 heterocycles. The minimum atomic E-state index is 0.564. The van der Waals surface area contributed by atoms with Crippen molar-refractivity contribution < 1.29 is 5.21 Å². The zero-order valence-electron chi connectivity index (χ0n) is 11.0. The van der Waals surface area contributed by atoms with Gasteiger partial charge in [-0.1, -0.05) is 52.9 Å². The predicted octanol–water partition coefficient (Wildman–Crippen LogP) is 3.59. The molecule has 0 fully saturated rings. The van der Waals surface area contributed by atoms with Crippen LogP contribution in [0.15, 0.2) is 53.7 Å².